The van der Waals surface area contributed by atoms with E-state index in [0.29, 0.717) is 36.8 Å². The number of piperazine rings is 1. The summed E-state index contributed by atoms with van der Waals surface area (Å²) >= 11 is 0. The second kappa shape index (κ2) is 10.0. The summed E-state index contributed by atoms with van der Waals surface area (Å²) in [4.78, 5) is 17.1. The van der Waals surface area contributed by atoms with Gasteiger partial charge in [0.05, 0.1) is 20.8 Å². The van der Waals surface area contributed by atoms with Crippen LogP contribution in [-0.2, 0) is 0 Å². The normalized spacial score (nSPS) is 13.9. The quantitative estimate of drug-likeness (QED) is 0.633. The molecule has 1 aliphatic rings. The number of hydrogen-bond acceptors (Lipinski definition) is 5. The van der Waals surface area contributed by atoms with Crippen LogP contribution >= 0.6 is 0 Å². The Bertz CT molecular complexity index is 799. The third-order valence-electron chi connectivity index (χ3n) is 5.17. The highest BCUT2D eigenvalue weighted by Gasteiger charge is 2.23. The number of unbranched alkanes of at least 4 members (excludes halogenated alkanes) is 1. The van der Waals surface area contributed by atoms with Gasteiger partial charge in [-0.1, -0.05) is 13.3 Å². The molecule has 1 amide bonds. The predicted molar refractivity (Wildman–Crippen MR) is 115 cm³/mol. The summed E-state index contributed by atoms with van der Waals surface area (Å²) in [7, 11) is 3.27. The first-order valence-electron chi connectivity index (χ1n) is 10.2. The van der Waals surface area contributed by atoms with Crippen molar-refractivity contribution in [1.29, 1.82) is 0 Å². The molecule has 0 atom stereocenters. The summed E-state index contributed by atoms with van der Waals surface area (Å²) < 4.78 is 16.4. The van der Waals surface area contributed by atoms with Crippen LogP contribution in [0.4, 0.5) is 5.69 Å². The molecule has 0 aromatic heterocycles. The average molecular weight is 399 g/mol. The largest absolute Gasteiger partial charge is 0.497 e. The van der Waals surface area contributed by atoms with Gasteiger partial charge in [0.15, 0.2) is 11.5 Å². The zero-order valence-electron chi connectivity index (χ0n) is 17.5. The molecule has 0 aliphatic carbocycles. The monoisotopic (exact) mass is 398 g/mol. The van der Waals surface area contributed by atoms with E-state index in [-0.39, 0.29) is 5.91 Å². The van der Waals surface area contributed by atoms with Crippen molar-refractivity contribution in [1.82, 2.24) is 4.90 Å². The van der Waals surface area contributed by atoms with Gasteiger partial charge in [-0.05, 0) is 48.9 Å². The zero-order valence-corrected chi connectivity index (χ0v) is 17.5. The Morgan fingerprint density at radius 2 is 1.66 bits per heavy atom. The minimum atomic E-state index is 0.0257. The molecule has 0 saturated carbocycles. The fourth-order valence-corrected chi connectivity index (χ4v) is 3.39. The molecule has 0 radical (unpaired) electrons. The Kier molecular flexibility index (Phi) is 7.22. The van der Waals surface area contributed by atoms with Gasteiger partial charge in [-0.3, -0.25) is 4.79 Å². The number of hydrogen-bond donors (Lipinski definition) is 0. The zero-order chi connectivity index (χ0) is 20.6. The molecule has 156 valence electrons. The summed E-state index contributed by atoms with van der Waals surface area (Å²) in [6.07, 6.45) is 2.06. The molecular formula is C23H30N2O4. The van der Waals surface area contributed by atoms with Gasteiger partial charge in [-0.25, -0.2) is 0 Å². The first kappa shape index (κ1) is 20.8. The summed E-state index contributed by atoms with van der Waals surface area (Å²) in [6.45, 7) is 5.73. The van der Waals surface area contributed by atoms with E-state index >= 15 is 0 Å². The Labute approximate surface area is 173 Å². The molecule has 1 heterocycles. The van der Waals surface area contributed by atoms with Crippen molar-refractivity contribution in [2.45, 2.75) is 19.8 Å². The number of anilines is 1. The van der Waals surface area contributed by atoms with Crippen molar-refractivity contribution in [3.05, 3.63) is 48.0 Å². The van der Waals surface area contributed by atoms with E-state index in [2.05, 4.69) is 24.0 Å². The lowest BCUT2D eigenvalue weighted by molar-refractivity contribution is 0.0746. The lowest BCUT2D eigenvalue weighted by atomic mass is 10.1. The number of rotatable bonds is 8. The molecule has 2 aromatic rings. The van der Waals surface area contributed by atoms with E-state index in [4.69, 9.17) is 14.2 Å². The van der Waals surface area contributed by atoms with E-state index in [9.17, 15) is 4.79 Å². The van der Waals surface area contributed by atoms with Gasteiger partial charge in [-0.2, -0.15) is 0 Å². The maximum Gasteiger partial charge on any atom is 0.254 e. The Balaban J connectivity index is 1.61. The summed E-state index contributed by atoms with van der Waals surface area (Å²) in [5, 5.41) is 0. The van der Waals surface area contributed by atoms with Gasteiger partial charge in [0.1, 0.15) is 5.75 Å². The van der Waals surface area contributed by atoms with E-state index in [1.54, 1.807) is 20.3 Å². The van der Waals surface area contributed by atoms with Gasteiger partial charge >= 0.3 is 0 Å². The number of amides is 1. The third-order valence-corrected chi connectivity index (χ3v) is 5.17. The van der Waals surface area contributed by atoms with Crippen LogP contribution in [-0.4, -0.2) is 57.8 Å². The van der Waals surface area contributed by atoms with Gasteiger partial charge in [-0.15, -0.1) is 0 Å². The van der Waals surface area contributed by atoms with Crippen molar-refractivity contribution in [2.24, 2.45) is 0 Å². The molecule has 0 unspecified atom stereocenters. The minimum absolute atomic E-state index is 0.0257. The van der Waals surface area contributed by atoms with Crippen molar-refractivity contribution >= 4 is 11.6 Å². The molecule has 1 saturated heterocycles. The highest BCUT2D eigenvalue weighted by Crippen LogP contribution is 2.29. The number of methoxy groups -OCH3 is 2. The van der Waals surface area contributed by atoms with Crippen LogP contribution < -0.4 is 19.1 Å². The average Bonchev–Trinajstić information content (AvgIpc) is 2.79. The maximum absolute atomic E-state index is 13.0. The molecule has 6 nitrogen and oxygen atoms in total. The minimum Gasteiger partial charge on any atom is -0.497 e. The Morgan fingerprint density at radius 1 is 0.931 bits per heavy atom. The topological polar surface area (TPSA) is 51.2 Å². The van der Waals surface area contributed by atoms with E-state index in [1.807, 2.05) is 29.2 Å². The first-order valence-corrected chi connectivity index (χ1v) is 10.2. The maximum atomic E-state index is 13.0. The molecule has 1 aliphatic heterocycles. The van der Waals surface area contributed by atoms with Gasteiger partial charge in [0.25, 0.3) is 5.91 Å². The Morgan fingerprint density at radius 3 is 2.28 bits per heavy atom. The van der Waals surface area contributed by atoms with Crippen LogP contribution in [0.5, 0.6) is 17.2 Å². The predicted octanol–water partition coefficient (Wildman–Crippen LogP) is 3.85. The number of benzene rings is 2. The lowest BCUT2D eigenvalue weighted by Gasteiger charge is -2.36. The number of carbonyl (C=O) groups excluding carboxylic acids is 1. The molecule has 0 spiro atoms. The fraction of sp³-hybridized carbons (Fsp3) is 0.435. The van der Waals surface area contributed by atoms with E-state index < -0.39 is 0 Å². The second-order valence-corrected chi connectivity index (χ2v) is 7.04. The van der Waals surface area contributed by atoms with Crippen LogP contribution in [0.15, 0.2) is 42.5 Å². The van der Waals surface area contributed by atoms with Crippen molar-refractivity contribution < 1.29 is 19.0 Å². The van der Waals surface area contributed by atoms with Crippen molar-refractivity contribution in [3.8, 4) is 17.2 Å². The highest BCUT2D eigenvalue weighted by atomic mass is 16.5. The summed E-state index contributed by atoms with van der Waals surface area (Å²) in [5.41, 5.74) is 1.77. The van der Waals surface area contributed by atoms with Crippen LogP contribution in [0.3, 0.4) is 0 Å². The van der Waals surface area contributed by atoms with Crippen LogP contribution in [0.1, 0.15) is 30.1 Å². The Hall–Kier alpha value is -2.89. The van der Waals surface area contributed by atoms with Crippen molar-refractivity contribution in [2.75, 3.05) is 51.9 Å². The molecule has 3 rings (SSSR count). The number of nitrogens with zero attached hydrogens (tertiary/aromatic N) is 2. The standard InChI is InChI=1S/C23H30N2O4/c1-4-5-16-29-21-11-6-18(17-22(21)28-3)23(26)25-14-12-24(13-15-25)19-7-9-20(27-2)10-8-19/h6-11,17H,4-5,12-16H2,1-3H3. The fourth-order valence-electron chi connectivity index (χ4n) is 3.39. The molecule has 0 bridgehead atoms. The van der Waals surface area contributed by atoms with E-state index in [1.165, 1.54) is 0 Å². The smallest absolute Gasteiger partial charge is 0.254 e. The van der Waals surface area contributed by atoms with Crippen LogP contribution in [0, 0.1) is 0 Å². The van der Waals surface area contributed by atoms with E-state index in [0.717, 1.165) is 37.4 Å². The molecule has 2 aromatic carbocycles. The summed E-state index contributed by atoms with van der Waals surface area (Å²) in [6, 6.07) is 13.5. The molecule has 6 heteroatoms. The number of carbonyl (C=O) groups is 1. The number of ether oxygens (including phenoxy) is 3. The van der Waals surface area contributed by atoms with Gasteiger partial charge < -0.3 is 24.0 Å². The highest BCUT2D eigenvalue weighted by molar-refractivity contribution is 5.95. The lowest BCUT2D eigenvalue weighted by Crippen LogP contribution is -2.48. The van der Waals surface area contributed by atoms with Crippen LogP contribution in [0.2, 0.25) is 0 Å². The first-order chi connectivity index (χ1) is 14.2. The SMILES string of the molecule is CCCCOc1ccc(C(=O)N2CCN(c3ccc(OC)cc3)CC2)cc1OC. The summed E-state index contributed by atoms with van der Waals surface area (Å²) in [5.74, 6) is 2.15. The molecule has 1 fully saturated rings. The van der Waals surface area contributed by atoms with Gasteiger partial charge in [0, 0.05) is 37.4 Å². The molecule has 29 heavy (non-hydrogen) atoms. The molecule has 0 N–H and O–H groups in total. The van der Waals surface area contributed by atoms with Crippen molar-refractivity contribution in [3.63, 3.8) is 0 Å². The third kappa shape index (κ3) is 5.13. The molecular weight excluding hydrogens is 368 g/mol. The second-order valence-electron chi connectivity index (χ2n) is 7.04. The van der Waals surface area contributed by atoms with Crippen LogP contribution in [0.25, 0.3) is 0 Å². The van der Waals surface area contributed by atoms with Gasteiger partial charge in [0.2, 0.25) is 0 Å².